The minimum atomic E-state index is -4.05. The molecular formula is C22H30N2O6S2. The van der Waals surface area contributed by atoms with E-state index < -0.39 is 26.2 Å². The second-order valence-corrected chi connectivity index (χ2v) is 10.9. The highest BCUT2D eigenvalue weighted by atomic mass is 32.2. The number of sulfonamides is 1. The lowest BCUT2D eigenvalue weighted by Gasteiger charge is -2.11. The van der Waals surface area contributed by atoms with Crippen molar-refractivity contribution >= 4 is 31.9 Å². The predicted molar refractivity (Wildman–Crippen MR) is 125 cm³/mol. The van der Waals surface area contributed by atoms with E-state index in [2.05, 4.69) is 12.2 Å². The number of hydrogen-bond donors (Lipinski definition) is 2. The number of amides is 2. The molecule has 2 amide bonds. The van der Waals surface area contributed by atoms with Gasteiger partial charge in [0.2, 0.25) is 10.0 Å². The van der Waals surface area contributed by atoms with Gasteiger partial charge >= 0.3 is 16.1 Å². The highest BCUT2D eigenvalue weighted by Crippen LogP contribution is 2.22. The quantitative estimate of drug-likeness (QED) is 0.338. The molecule has 0 aliphatic heterocycles. The van der Waals surface area contributed by atoms with Crippen LogP contribution in [0.3, 0.4) is 0 Å². The zero-order valence-corrected chi connectivity index (χ0v) is 20.0. The van der Waals surface area contributed by atoms with E-state index in [4.69, 9.17) is 4.18 Å². The number of benzene rings is 2. The highest BCUT2D eigenvalue weighted by Gasteiger charge is 2.18. The van der Waals surface area contributed by atoms with Gasteiger partial charge in [-0.05, 0) is 37.6 Å². The van der Waals surface area contributed by atoms with Gasteiger partial charge in [-0.1, -0.05) is 62.8 Å². The van der Waals surface area contributed by atoms with E-state index >= 15 is 0 Å². The number of rotatable bonds is 12. The number of nitrogens with one attached hydrogen (secondary N) is 2. The van der Waals surface area contributed by atoms with E-state index in [1.54, 1.807) is 12.1 Å². The maximum absolute atomic E-state index is 12.4. The lowest BCUT2D eigenvalue weighted by molar-refractivity contribution is 0.256. The van der Waals surface area contributed by atoms with Gasteiger partial charge in [0.1, 0.15) is 10.6 Å². The summed E-state index contributed by atoms with van der Waals surface area (Å²) in [4.78, 5) is 12.1. The van der Waals surface area contributed by atoms with Crippen LogP contribution in [-0.2, 0) is 20.1 Å². The lowest BCUT2D eigenvalue weighted by atomic mass is 10.1. The molecule has 2 rings (SSSR count). The molecule has 0 saturated heterocycles. The first kappa shape index (κ1) is 25.7. The Kier molecular flexibility index (Phi) is 9.52. The molecule has 0 spiro atoms. The van der Waals surface area contributed by atoms with Crippen LogP contribution in [0.5, 0.6) is 5.75 Å². The Morgan fingerprint density at radius 1 is 0.906 bits per heavy atom. The average Bonchev–Trinajstić information content (AvgIpc) is 2.70. The summed E-state index contributed by atoms with van der Waals surface area (Å²) in [6.07, 6.45) is 5.55. The number of carbonyl (C=O) groups excluding carboxylic acids is 1. The van der Waals surface area contributed by atoms with Gasteiger partial charge in [-0.25, -0.2) is 17.9 Å². The molecule has 0 bridgehead atoms. The van der Waals surface area contributed by atoms with Crippen LogP contribution in [0.1, 0.15) is 51.0 Å². The smallest absolute Gasteiger partial charge is 0.339 e. The van der Waals surface area contributed by atoms with Crippen molar-refractivity contribution in [3.63, 3.8) is 0 Å². The Bertz CT molecular complexity index is 1100. The normalized spacial score (nSPS) is 11.7. The molecule has 0 aromatic heterocycles. The summed E-state index contributed by atoms with van der Waals surface area (Å²) in [5.74, 6) is -0.150. The van der Waals surface area contributed by atoms with E-state index in [-0.39, 0.29) is 22.1 Å². The van der Waals surface area contributed by atoms with Gasteiger partial charge in [0.15, 0.2) is 0 Å². The molecule has 0 fully saturated rings. The number of anilines is 1. The summed E-state index contributed by atoms with van der Waals surface area (Å²) in [6, 6.07) is 11.0. The summed E-state index contributed by atoms with van der Waals surface area (Å²) in [6.45, 7) is 3.95. The first-order valence-corrected chi connectivity index (χ1v) is 13.6. The summed E-state index contributed by atoms with van der Waals surface area (Å²) in [5, 5.41) is 2.39. The lowest BCUT2D eigenvalue weighted by Crippen LogP contribution is -2.35. The van der Waals surface area contributed by atoms with Crippen molar-refractivity contribution in [1.82, 2.24) is 4.72 Å². The van der Waals surface area contributed by atoms with Crippen LogP contribution in [-0.4, -0.2) is 28.6 Å². The van der Waals surface area contributed by atoms with Gasteiger partial charge in [-0.2, -0.15) is 8.42 Å². The molecule has 0 saturated carbocycles. The molecule has 0 heterocycles. The third-order valence-corrected chi connectivity index (χ3v) is 7.21. The zero-order valence-electron chi connectivity index (χ0n) is 18.3. The monoisotopic (exact) mass is 482 g/mol. The molecule has 0 aliphatic carbocycles. The first-order valence-electron chi connectivity index (χ1n) is 10.5. The predicted octanol–water partition coefficient (Wildman–Crippen LogP) is 4.57. The van der Waals surface area contributed by atoms with E-state index in [0.29, 0.717) is 6.42 Å². The second-order valence-electron chi connectivity index (χ2n) is 7.52. The first-order chi connectivity index (χ1) is 15.1. The molecule has 10 heteroatoms. The summed E-state index contributed by atoms with van der Waals surface area (Å²) in [5.41, 5.74) is 1.10. The van der Waals surface area contributed by atoms with Crippen molar-refractivity contribution < 1.29 is 25.8 Å². The minimum Gasteiger partial charge on any atom is -0.379 e. The number of unbranched alkanes of at least 4 members (excludes halogenated alkanes) is 5. The topological polar surface area (TPSA) is 119 Å². The van der Waals surface area contributed by atoms with Crippen LogP contribution in [0.15, 0.2) is 53.4 Å². The van der Waals surface area contributed by atoms with Crippen molar-refractivity contribution in [2.75, 3.05) is 11.1 Å². The van der Waals surface area contributed by atoms with Gasteiger partial charge in [0, 0.05) is 11.8 Å². The molecule has 2 aromatic rings. The van der Waals surface area contributed by atoms with Crippen molar-refractivity contribution in [3.05, 3.63) is 54.1 Å². The van der Waals surface area contributed by atoms with Crippen LogP contribution in [0.25, 0.3) is 0 Å². The highest BCUT2D eigenvalue weighted by molar-refractivity contribution is 7.90. The van der Waals surface area contributed by atoms with Gasteiger partial charge < -0.3 is 9.50 Å². The Labute approximate surface area is 190 Å². The van der Waals surface area contributed by atoms with Crippen molar-refractivity contribution in [2.24, 2.45) is 0 Å². The third kappa shape index (κ3) is 8.88. The fraction of sp³-hybridized carbons (Fsp3) is 0.409. The van der Waals surface area contributed by atoms with Gasteiger partial charge in [0.25, 0.3) is 0 Å². The van der Waals surface area contributed by atoms with Crippen molar-refractivity contribution in [3.8, 4) is 5.75 Å². The van der Waals surface area contributed by atoms with Crippen LogP contribution >= 0.6 is 0 Å². The maximum atomic E-state index is 12.4. The van der Waals surface area contributed by atoms with Gasteiger partial charge in [0.05, 0.1) is 5.75 Å². The van der Waals surface area contributed by atoms with Crippen molar-refractivity contribution in [1.29, 1.82) is 0 Å². The van der Waals surface area contributed by atoms with Crippen molar-refractivity contribution in [2.45, 2.75) is 57.3 Å². The summed E-state index contributed by atoms with van der Waals surface area (Å²) in [7, 11) is -7.81. The Morgan fingerprint density at radius 2 is 1.56 bits per heavy atom. The summed E-state index contributed by atoms with van der Waals surface area (Å²) < 4.78 is 56.1. The molecule has 0 unspecified atom stereocenters. The number of carbonyl (C=O) groups is 1. The van der Waals surface area contributed by atoms with Gasteiger partial charge in [-0.3, -0.25) is 0 Å². The standard InChI is InChI=1S/C22H30N2O6S2/c1-3-4-5-6-7-8-16-31(26,27)24-22(25)23-19-10-9-11-20(17-19)30-32(28,29)21-14-12-18(2)13-15-21/h9-15,17H,3-8,16H2,1-2H3,(H2,23,24,25). The molecule has 2 aromatic carbocycles. The molecule has 0 atom stereocenters. The zero-order chi connectivity index (χ0) is 23.6. The summed E-state index contributed by atoms with van der Waals surface area (Å²) >= 11 is 0. The molecule has 176 valence electrons. The number of hydrogen-bond acceptors (Lipinski definition) is 6. The second kappa shape index (κ2) is 11.9. The SMILES string of the molecule is CCCCCCCCS(=O)(=O)NC(=O)Nc1cccc(OS(=O)(=O)c2ccc(C)cc2)c1. The minimum absolute atomic E-state index is 0.00000667. The number of aryl methyl sites for hydroxylation is 1. The average molecular weight is 483 g/mol. The Balaban J connectivity index is 1.91. The fourth-order valence-corrected chi connectivity index (χ4v) is 4.87. The molecule has 32 heavy (non-hydrogen) atoms. The molecule has 8 nitrogen and oxygen atoms in total. The number of urea groups is 1. The maximum Gasteiger partial charge on any atom is 0.339 e. The van der Waals surface area contributed by atoms with E-state index in [0.717, 1.165) is 37.7 Å². The third-order valence-electron chi connectivity index (χ3n) is 4.62. The molecule has 2 N–H and O–H groups in total. The van der Waals surface area contributed by atoms with E-state index in [1.807, 2.05) is 11.6 Å². The largest absolute Gasteiger partial charge is 0.379 e. The van der Waals surface area contributed by atoms with Crippen LogP contribution in [0.2, 0.25) is 0 Å². The van der Waals surface area contributed by atoms with E-state index in [1.165, 1.54) is 36.4 Å². The molecule has 0 aliphatic rings. The molecule has 0 radical (unpaired) electrons. The van der Waals surface area contributed by atoms with Crippen LogP contribution in [0.4, 0.5) is 10.5 Å². The van der Waals surface area contributed by atoms with Crippen LogP contribution < -0.4 is 14.2 Å². The Hall–Kier alpha value is -2.59. The molecular weight excluding hydrogens is 452 g/mol. The van der Waals surface area contributed by atoms with E-state index in [9.17, 15) is 21.6 Å². The van der Waals surface area contributed by atoms with Crippen LogP contribution in [0, 0.1) is 6.92 Å². The Morgan fingerprint density at radius 3 is 2.25 bits per heavy atom. The van der Waals surface area contributed by atoms with Gasteiger partial charge in [-0.15, -0.1) is 0 Å². The fourth-order valence-electron chi connectivity index (χ4n) is 2.93.